The average Bonchev–Trinajstić information content (AvgIpc) is 2.15. The number of ether oxygens (including phenoxy) is 1. The van der Waals surface area contributed by atoms with E-state index in [1.165, 1.54) is 0 Å². The zero-order valence-electron chi connectivity index (χ0n) is 8.27. The Hall–Kier alpha value is -1.43. The highest BCUT2D eigenvalue weighted by atomic mass is 16.5. The first-order valence-electron chi connectivity index (χ1n) is 4.74. The van der Waals surface area contributed by atoms with Crippen molar-refractivity contribution >= 4 is 17.8 Å². The fourth-order valence-corrected chi connectivity index (χ4v) is 1.32. The Bertz CT molecular complexity index is 260. The van der Waals surface area contributed by atoms with E-state index in [1.807, 2.05) is 0 Å². The fraction of sp³-hybridized carbons (Fsp3) is 0.667. The lowest BCUT2D eigenvalue weighted by atomic mass is 10.2. The second-order valence-electron chi connectivity index (χ2n) is 3.28. The first kappa shape index (κ1) is 11.6. The van der Waals surface area contributed by atoms with Crippen molar-refractivity contribution in [2.75, 3.05) is 19.8 Å². The van der Waals surface area contributed by atoms with Crippen LogP contribution in [0.1, 0.15) is 19.3 Å². The van der Waals surface area contributed by atoms with Crippen LogP contribution in [-0.2, 0) is 19.1 Å². The maximum Gasteiger partial charge on any atom is 0.303 e. The first-order valence-corrected chi connectivity index (χ1v) is 4.74. The molecule has 1 rings (SSSR count). The van der Waals surface area contributed by atoms with Crippen LogP contribution in [0.4, 0.5) is 0 Å². The zero-order valence-corrected chi connectivity index (χ0v) is 8.27. The van der Waals surface area contributed by atoms with Crippen LogP contribution >= 0.6 is 0 Å². The third kappa shape index (κ3) is 3.67. The number of unbranched alkanes of at least 4 members (excludes halogenated alkanes) is 1. The summed E-state index contributed by atoms with van der Waals surface area (Å²) in [5.41, 5.74) is 0. The Balaban J connectivity index is 2.26. The molecule has 0 aromatic rings. The Labute approximate surface area is 86.8 Å². The van der Waals surface area contributed by atoms with Gasteiger partial charge in [0.25, 0.3) is 11.8 Å². The van der Waals surface area contributed by atoms with E-state index in [0.717, 1.165) is 4.90 Å². The van der Waals surface area contributed by atoms with Crippen molar-refractivity contribution < 1.29 is 24.2 Å². The number of carboxylic acid groups (broad SMARTS) is 1. The zero-order chi connectivity index (χ0) is 11.3. The molecule has 0 atom stereocenters. The number of carbonyl (C=O) groups excluding carboxylic acids is 2. The maximum atomic E-state index is 11.2. The number of nitrogens with zero attached hydrogens (tertiary/aromatic N) is 1. The van der Waals surface area contributed by atoms with Gasteiger partial charge >= 0.3 is 5.97 Å². The molecule has 1 heterocycles. The molecule has 0 aromatic carbocycles. The van der Waals surface area contributed by atoms with E-state index in [9.17, 15) is 14.4 Å². The van der Waals surface area contributed by atoms with Gasteiger partial charge in [-0.3, -0.25) is 19.3 Å². The molecule has 0 unspecified atom stereocenters. The lowest BCUT2D eigenvalue weighted by molar-refractivity contribution is -0.158. The Morgan fingerprint density at radius 1 is 1.27 bits per heavy atom. The molecule has 1 saturated heterocycles. The van der Waals surface area contributed by atoms with Gasteiger partial charge in [0.15, 0.2) is 0 Å². The quantitative estimate of drug-likeness (QED) is 0.499. The third-order valence-corrected chi connectivity index (χ3v) is 2.08. The maximum absolute atomic E-state index is 11.2. The normalized spacial score (nSPS) is 16.9. The van der Waals surface area contributed by atoms with E-state index in [2.05, 4.69) is 0 Å². The minimum atomic E-state index is -0.866. The third-order valence-electron chi connectivity index (χ3n) is 2.08. The smallest absolute Gasteiger partial charge is 0.303 e. The summed E-state index contributed by atoms with van der Waals surface area (Å²) in [5.74, 6) is -1.56. The summed E-state index contributed by atoms with van der Waals surface area (Å²) in [7, 11) is 0. The van der Waals surface area contributed by atoms with Crippen molar-refractivity contribution in [1.82, 2.24) is 4.90 Å². The molecule has 15 heavy (non-hydrogen) atoms. The summed E-state index contributed by atoms with van der Waals surface area (Å²) in [6, 6.07) is 0. The molecule has 0 saturated carbocycles. The minimum absolute atomic E-state index is 0.0622. The van der Waals surface area contributed by atoms with E-state index in [4.69, 9.17) is 9.84 Å². The number of carbonyl (C=O) groups is 3. The van der Waals surface area contributed by atoms with Gasteiger partial charge < -0.3 is 9.84 Å². The van der Waals surface area contributed by atoms with E-state index in [0.29, 0.717) is 12.8 Å². The van der Waals surface area contributed by atoms with Gasteiger partial charge in [-0.05, 0) is 12.8 Å². The predicted molar refractivity (Wildman–Crippen MR) is 49.0 cm³/mol. The molecule has 0 aliphatic carbocycles. The van der Waals surface area contributed by atoms with Gasteiger partial charge in [-0.15, -0.1) is 0 Å². The number of carboxylic acids is 1. The van der Waals surface area contributed by atoms with Crippen molar-refractivity contribution in [3.8, 4) is 0 Å². The van der Waals surface area contributed by atoms with E-state index < -0.39 is 5.97 Å². The van der Waals surface area contributed by atoms with Crippen LogP contribution < -0.4 is 0 Å². The number of hydrogen-bond donors (Lipinski definition) is 1. The number of amides is 2. The van der Waals surface area contributed by atoms with Crippen LogP contribution in [0, 0.1) is 0 Å². The number of rotatable bonds is 5. The molecule has 84 valence electrons. The predicted octanol–water partition coefficient (Wildman–Crippen LogP) is -0.373. The summed E-state index contributed by atoms with van der Waals surface area (Å²) in [4.78, 5) is 33.7. The van der Waals surface area contributed by atoms with E-state index in [1.54, 1.807) is 0 Å². The molecule has 2 amide bonds. The van der Waals surface area contributed by atoms with Gasteiger partial charge in [-0.1, -0.05) is 0 Å². The lowest BCUT2D eigenvalue weighted by Crippen LogP contribution is -2.46. The monoisotopic (exact) mass is 215 g/mol. The SMILES string of the molecule is O=C(O)CCCCN1C(=O)COCC1=O. The Morgan fingerprint density at radius 2 is 1.87 bits per heavy atom. The average molecular weight is 215 g/mol. The number of imide groups is 1. The molecular formula is C9H13NO5. The van der Waals surface area contributed by atoms with Gasteiger partial charge in [0.2, 0.25) is 0 Å². The van der Waals surface area contributed by atoms with Crippen molar-refractivity contribution in [2.45, 2.75) is 19.3 Å². The number of aliphatic carboxylic acids is 1. The van der Waals surface area contributed by atoms with E-state index >= 15 is 0 Å². The van der Waals surface area contributed by atoms with Crippen molar-refractivity contribution in [3.63, 3.8) is 0 Å². The van der Waals surface area contributed by atoms with Crippen molar-refractivity contribution in [3.05, 3.63) is 0 Å². The fourth-order valence-electron chi connectivity index (χ4n) is 1.32. The molecule has 0 aromatic heterocycles. The number of hydrogen-bond acceptors (Lipinski definition) is 4. The molecule has 1 aliphatic rings. The summed E-state index contributed by atoms with van der Waals surface area (Å²) in [5, 5.41) is 8.39. The van der Waals surface area contributed by atoms with Crippen molar-refractivity contribution in [1.29, 1.82) is 0 Å². The summed E-state index contributed by atoms with van der Waals surface area (Å²) in [6.07, 6.45) is 1.05. The lowest BCUT2D eigenvalue weighted by Gasteiger charge is -2.24. The van der Waals surface area contributed by atoms with Crippen molar-refractivity contribution in [2.24, 2.45) is 0 Å². The molecule has 6 heteroatoms. The van der Waals surface area contributed by atoms with Crippen LogP contribution in [0.15, 0.2) is 0 Å². The van der Waals surface area contributed by atoms with Gasteiger partial charge in [-0.2, -0.15) is 0 Å². The Kier molecular flexibility index (Phi) is 4.23. The number of morpholine rings is 1. The second kappa shape index (κ2) is 5.45. The topological polar surface area (TPSA) is 83.9 Å². The molecule has 0 radical (unpaired) electrons. The first-order chi connectivity index (χ1) is 7.11. The molecule has 0 spiro atoms. The summed E-state index contributed by atoms with van der Waals surface area (Å²) in [6.45, 7) is 0.156. The molecule has 1 aliphatic heterocycles. The van der Waals surface area contributed by atoms with Crippen LogP contribution in [0.5, 0.6) is 0 Å². The highest BCUT2D eigenvalue weighted by Gasteiger charge is 2.25. The highest BCUT2D eigenvalue weighted by Crippen LogP contribution is 2.04. The largest absolute Gasteiger partial charge is 0.481 e. The molecule has 1 fully saturated rings. The van der Waals surface area contributed by atoms with Crippen LogP contribution in [0.2, 0.25) is 0 Å². The van der Waals surface area contributed by atoms with Crippen LogP contribution in [0.25, 0.3) is 0 Å². The summed E-state index contributed by atoms with van der Waals surface area (Å²) >= 11 is 0. The van der Waals surface area contributed by atoms with Crippen LogP contribution in [0.3, 0.4) is 0 Å². The second-order valence-corrected chi connectivity index (χ2v) is 3.28. The van der Waals surface area contributed by atoms with Gasteiger partial charge in [-0.25, -0.2) is 0 Å². The van der Waals surface area contributed by atoms with E-state index in [-0.39, 0.29) is 38.0 Å². The highest BCUT2D eigenvalue weighted by molar-refractivity contribution is 5.98. The molecule has 1 N–H and O–H groups in total. The van der Waals surface area contributed by atoms with Gasteiger partial charge in [0.1, 0.15) is 13.2 Å². The van der Waals surface area contributed by atoms with Gasteiger partial charge in [0, 0.05) is 13.0 Å². The van der Waals surface area contributed by atoms with Crippen LogP contribution in [-0.4, -0.2) is 47.5 Å². The molecular weight excluding hydrogens is 202 g/mol. The molecule has 6 nitrogen and oxygen atoms in total. The summed E-state index contributed by atoms with van der Waals surface area (Å²) < 4.78 is 4.73. The van der Waals surface area contributed by atoms with Gasteiger partial charge in [0.05, 0.1) is 0 Å². The molecule has 0 bridgehead atoms. The standard InChI is InChI=1S/C9H13NO5/c11-7-5-15-6-8(12)10(7)4-2-1-3-9(13)14/h1-6H2,(H,13,14). The Morgan fingerprint density at radius 3 is 2.40 bits per heavy atom. The minimum Gasteiger partial charge on any atom is -0.481 e.